The molecule has 2 aliphatic carbocycles. The molecule has 21 heavy (non-hydrogen) atoms. The van der Waals surface area contributed by atoms with Crippen molar-refractivity contribution in [1.29, 1.82) is 0 Å². The van der Waals surface area contributed by atoms with E-state index in [1.807, 2.05) is 7.05 Å². The number of rotatable bonds is 5. The summed E-state index contributed by atoms with van der Waals surface area (Å²) in [6.45, 7) is 5.82. The van der Waals surface area contributed by atoms with Gasteiger partial charge in [0, 0.05) is 12.6 Å². The van der Waals surface area contributed by atoms with E-state index < -0.39 is 0 Å². The van der Waals surface area contributed by atoms with Crippen LogP contribution < -0.4 is 5.32 Å². The minimum atomic E-state index is -0.172. The van der Waals surface area contributed by atoms with Crippen LogP contribution >= 0.6 is 0 Å². The Balaban J connectivity index is 1.73. The van der Waals surface area contributed by atoms with Crippen molar-refractivity contribution in [2.45, 2.75) is 64.5 Å². The van der Waals surface area contributed by atoms with E-state index in [0.717, 1.165) is 32.2 Å². The van der Waals surface area contributed by atoms with Crippen LogP contribution in [0.4, 0.5) is 0 Å². The molecule has 2 rings (SSSR count). The molecule has 2 N–H and O–H groups in total. The minimum absolute atomic E-state index is 0.135. The lowest BCUT2D eigenvalue weighted by Crippen LogP contribution is -2.47. The second kappa shape index (κ2) is 7.59. The first-order valence-electron chi connectivity index (χ1n) is 8.63. The molecule has 5 atom stereocenters. The number of hydrogen-bond donors (Lipinski definition) is 2. The van der Waals surface area contributed by atoms with Gasteiger partial charge in [-0.2, -0.15) is 0 Å². The van der Waals surface area contributed by atoms with Crippen LogP contribution in [0.15, 0.2) is 0 Å². The SMILES string of the molecule is CC1CCCC(NC(=O)CN(C)CC2CCCC2O)C1C. The molecule has 0 bridgehead atoms. The number of hydrogen-bond acceptors (Lipinski definition) is 3. The number of carbonyl (C=O) groups is 1. The lowest BCUT2D eigenvalue weighted by atomic mass is 9.78. The molecule has 2 saturated carbocycles. The molecule has 1 amide bonds. The van der Waals surface area contributed by atoms with Crippen molar-refractivity contribution in [2.24, 2.45) is 17.8 Å². The lowest BCUT2D eigenvalue weighted by molar-refractivity contribution is -0.123. The molecule has 2 aliphatic rings. The molecule has 0 heterocycles. The Morgan fingerprint density at radius 2 is 1.90 bits per heavy atom. The maximum atomic E-state index is 12.2. The van der Waals surface area contributed by atoms with Crippen molar-refractivity contribution >= 4 is 5.91 Å². The first-order chi connectivity index (χ1) is 9.97. The number of likely N-dealkylation sites (N-methyl/N-ethyl adjacent to an activating group) is 1. The zero-order chi connectivity index (χ0) is 15.4. The third kappa shape index (κ3) is 4.68. The molecule has 4 nitrogen and oxygen atoms in total. The fraction of sp³-hybridized carbons (Fsp3) is 0.941. The summed E-state index contributed by atoms with van der Waals surface area (Å²) >= 11 is 0. The first-order valence-corrected chi connectivity index (χ1v) is 8.63. The smallest absolute Gasteiger partial charge is 0.234 e. The van der Waals surface area contributed by atoms with Gasteiger partial charge in [-0.1, -0.05) is 33.1 Å². The van der Waals surface area contributed by atoms with Crippen molar-refractivity contribution in [3.8, 4) is 0 Å². The van der Waals surface area contributed by atoms with Gasteiger partial charge in [0.05, 0.1) is 12.6 Å². The summed E-state index contributed by atoms with van der Waals surface area (Å²) in [6.07, 6.45) is 6.57. The normalized spacial score (nSPS) is 36.9. The van der Waals surface area contributed by atoms with Gasteiger partial charge in [-0.3, -0.25) is 9.69 Å². The number of aliphatic hydroxyl groups excluding tert-OH is 1. The van der Waals surface area contributed by atoms with E-state index >= 15 is 0 Å². The van der Waals surface area contributed by atoms with Crippen LogP contribution in [0, 0.1) is 17.8 Å². The lowest BCUT2D eigenvalue weighted by Gasteiger charge is -2.35. The van der Waals surface area contributed by atoms with Crippen LogP contribution in [0.3, 0.4) is 0 Å². The van der Waals surface area contributed by atoms with E-state index in [0.29, 0.717) is 30.3 Å². The van der Waals surface area contributed by atoms with E-state index in [2.05, 4.69) is 24.1 Å². The Bertz CT molecular complexity index is 348. The Hall–Kier alpha value is -0.610. The third-order valence-corrected chi connectivity index (χ3v) is 5.63. The molecule has 0 aromatic rings. The van der Waals surface area contributed by atoms with E-state index in [1.165, 1.54) is 12.8 Å². The number of carbonyl (C=O) groups excluding carboxylic acids is 1. The van der Waals surface area contributed by atoms with Gasteiger partial charge in [0.15, 0.2) is 0 Å². The van der Waals surface area contributed by atoms with Gasteiger partial charge < -0.3 is 10.4 Å². The Kier molecular flexibility index (Phi) is 6.06. The zero-order valence-corrected chi connectivity index (χ0v) is 13.8. The molecule has 0 spiro atoms. The summed E-state index contributed by atoms with van der Waals surface area (Å²) in [4.78, 5) is 14.3. The van der Waals surface area contributed by atoms with Crippen molar-refractivity contribution in [2.75, 3.05) is 20.1 Å². The highest BCUT2D eigenvalue weighted by Crippen LogP contribution is 2.29. The van der Waals surface area contributed by atoms with Crippen LogP contribution in [-0.2, 0) is 4.79 Å². The van der Waals surface area contributed by atoms with Gasteiger partial charge in [0.25, 0.3) is 0 Å². The summed E-state index contributed by atoms with van der Waals surface area (Å²) in [5.74, 6) is 1.76. The maximum absolute atomic E-state index is 12.2. The second-order valence-electron chi connectivity index (χ2n) is 7.40. The van der Waals surface area contributed by atoms with E-state index in [9.17, 15) is 9.90 Å². The van der Waals surface area contributed by atoms with E-state index in [1.54, 1.807) is 0 Å². The van der Waals surface area contributed by atoms with Gasteiger partial charge >= 0.3 is 0 Å². The molecular weight excluding hydrogens is 264 g/mol. The topological polar surface area (TPSA) is 52.6 Å². The highest BCUT2D eigenvalue weighted by molar-refractivity contribution is 5.78. The average Bonchev–Trinajstić information content (AvgIpc) is 2.80. The summed E-state index contributed by atoms with van der Waals surface area (Å²) in [6, 6.07) is 0.340. The molecule has 4 heteroatoms. The number of amides is 1. The molecule has 5 unspecified atom stereocenters. The van der Waals surface area contributed by atoms with Crippen molar-refractivity contribution in [3.63, 3.8) is 0 Å². The monoisotopic (exact) mass is 296 g/mol. The molecule has 0 aromatic heterocycles. The van der Waals surface area contributed by atoms with E-state index in [-0.39, 0.29) is 12.0 Å². The molecule has 2 fully saturated rings. The van der Waals surface area contributed by atoms with Crippen LogP contribution in [0.1, 0.15) is 52.4 Å². The quantitative estimate of drug-likeness (QED) is 0.816. The van der Waals surface area contributed by atoms with Crippen molar-refractivity contribution < 1.29 is 9.90 Å². The number of nitrogens with zero attached hydrogens (tertiary/aromatic N) is 1. The third-order valence-electron chi connectivity index (χ3n) is 5.63. The fourth-order valence-electron chi connectivity index (χ4n) is 3.98. The zero-order valence-electron chi connectivity index (χ0n) is 13.8. The molecule has 0 saturated heterocycles. The Labute approximate surface area is 129 Å². The Morgan fingerprint density at radius 1 is 1.19 bits per heavy atom. The highest BCUT2D eigenvalue weighted by atomic mass is 16.3. The predicted octanol–water partition coefficient (Wildman–Crippen LogP) is 2.02. The number of nitrogens with one attached hydrogen (secondary N) is 1. The predicted molar refractivity (Wildman–Crippen MR) is 85.0 cm³/mol. The summed E-state index contributed by atoms with van der Waals surface area (Å²) in [5.41, 5.74) is 0. The number of aliphatic hydroxyl groups is 1. The second-order valence-corrected chi connectivity index (χ2v) is 7.40. The van der Waals surface area contributed by atoms with Crippen molar-refractivity contribution in [1.82, 2.24) is 10.2 Å². The largest absolute Gasteiger partial charge is 0.393 e. The van der Waals surface area contributed by atoms with E-state index in [4.69, 9.17) is 0 Å². The molecule has 122 valence electrons. The molecule has 0 aromatic carbocycles. The molecule has 0 aliphatic heterocycles. The van der Waals surface area contributed by atoms with Crippen LogP contribution in [-0.4, -0.2) is 48.2 Å². The summed E-state index contributed by atoms with van der Waals surface area (Å²) in [5, 5.41) is 13.1. The Morgan fingerprint density at radius 3 is 2.57 bits per heavy atom. The summed E-state index contributed by atoms with van der Waals surface area (Å²) in [7, 11) is 1.98. The fourth-order valence-corrected chi connectivity index (χ4v) is 3.98. The van der Waals surface area contributed by atoms with Crippen LogP contribution in [0.25, 0.3) is 0 Å². The van der Waals surface area contributed by atoms with Crippen molar-refractivity contribution in [3.05, 3.63) is 0 Å². The van der Waals surface area contributed by atoms with Gasteiger partial charge in [-0.15, -0.1) is 0 Å². The van der Waals surface area contributed by atoms with Gasteiger partial charge in [-0.25, -0.2) is 0 Å². The van der Waals surface area contributed by atoms with Crippen LogP contribution in [0.5, 0.6) is 0 Å². The van der Waals surface area contributed by atoms with Gasteiger partial charge in [-0.05, 0) is 44.1 Å². The average molecular weight is 296 g/mol. The summed E-state index contributed by atoms with van der Waals surface area (Å²) < 4.78 is 0. The first kappa shape index (κ1) is 16.8. The van der Waals surface area contributed by atoms with Crippen LogP contribution in [0.2, 0.25) is 0 Å². The maximum Gasteiger partial charge on any atom is 0.234 e. The minimum Gasteiger partial charge on any atom is -0.393 e. The van der Waals surface area contributed by atoms with Gasteiger partial charge in [0.2, 0.25) is 5.91 Å². The molecule has 0 radical (unpaired) electrons. The highest BCUT2D eigenvalue weighted by Gasteiger charge is 2.29. The van der Waals surface area contributed by atoms with Gasteiger partial charge in [0.1, 0.15) is 0 Å². The standard InChI is InChI=1S/C17H32N2O2/c1-12-6-4-8-15(13(12)2)18-17(21)11-19(3)10-14-7-5-9-16(14)20/h12-16,20H,4-11H2,1-3H3,(H,18,21). The molecular formula is C17H32N2O2.